The summed E-state index contributed by atoms with van der Waals surface area (Å²) >= 11 is 1.72. The molecular formula is C19H22N4S. The quantitative estimate of drug-likeness (QED) is 0.607. The summed E-state index contributed by atoms with van der Waals surface area (Å²) in [4.78, 5) is 4.17. The van der Waals surface area contributed by atoms with Crippen LogP contribution in [0.1, 0.15) is 37.8 Å². The van der Waals surface area contributed by atoms with Crippen LogP contribution in [0, 0.1) is 0 Å². The molecule has 5 heteroatoms. The largest absolute Gasteiger partial charge is 0.302 e. The molecule has 0 bridgehead atoms. The molecule has 0 radical (unpaired) electrons. The van der Waals surface area contributed by atoms with Crippen LogP contribution in [-0.2, 0) is 12.3 Å². The number of pyridine rings is 1. The van der Waals surface area contributed by atoms with Crippen molar-refractivity contribution in [1.82, 2.24) is 19.7 Å². The van der Waals surface area contributed by atoms with Crippen LogP contribution in [0.15, 0.2) is 53.9 Å². The van der Waals surface area contributed by atoms with Crippen LogP contribution >= 0.6 is 11.8 Å². The molecule has 0 aliphatic rings. The normalized spacial score (nSPS) is 11.2. The standard InChI is InChI=1S/C19H22N4S/c1-4-23-18(17-6-5-11-20-12-17)21-22-19(23)24-13-15-7-9-16(10-8-15)14(2)3/h5-12,14H,4,13H2,1-3H3. The van der Waals surface area contributed by atoms with Crippen molar-refractivity contribution in [2.24, 2.45) is 0 Å². The molecule has 0 saturated carbocycles. The average Bonchev–Trinajstić information content (AvgIpc) is 3.04. The van der Waals surface area contributed by atoms with Gasteiger partial charge in [-0.05, 0) is 36.1 Å². The molecule has 2 heterocycles. The highest BCUT2D eigenvalue weighted by Gasteiger charge is 2.13. The van der Waals surface area contributed by atoms with Crippen molar-refractivity contribution in [3.8, 4) is 11.4 Å². The minimum Gasteiger partial charge on any atom is -0.302 e. The molecule has 0 spiro atoms. The molecular weight excluding hydrogens is 316 g/mol. The summed E-state index contributed by atoms with van der Waals surface area (Å²) in [6, 6.07) is 12.8. The maximum absolute atomic E-state index is 4.37. The van der Waals surface area contributed by atoms with Gasteiger partial charge in [-0.3, -0.25) is 4.98 Å². The van der Waals surface area contributed by atoms with Crippen LogP contribution in [0.4, 0.5) is 0 Å². The number of rotatable bonds is 6. The average molecular weight is 338 g/mol. The van der Waals surface area contributed by atoms with Gasteiger partial charge in [0.15, 0.2) is 11.0 Å². The lowest BCUT2D eigenvalue weighted by molar-refractivity contribution is 0.687. The fourth-order valence-electron chi connectivity index (χ4n) is 2.54. The van der Waals surface area contributed by atoms with E-state index in [9.17, 15) is 0 Å². The van der Waals surface area contributed by atoms with Gasteiger partial charge in [-0.25, -0.2) is 0 Å². The molecule has 0 saturated heterocycles. The van der Waals surface area contributed by atoms with Crippen molar-refractivity contribution in [2.45, 2.75) is 44.1 Å². The highest BCUT2D eigenvalue weighted by atomic mass is 32.2. The molecule has 3 rings (SSSR count). The van der Waals surface area contributed by atoms with Crippen LogP contribution in [0.25, 0.3) is 11.4 Å². The Morgan fingerprint density at radius 1 is 1.08 bits per heavy atom. The summed E-state index contributed by atoms with van der Waals surface area (Å²) in [7, 11) is 0. The molecule has 0 unspecified atom stereocenters. The molecule has 124 valence electrons. The number of nitrogens with zero attached hydrogens (tertiary/aromatic N) is 4. The molecule has 24 heavy (non-hydrogen) atoms. The van der Waals surface area contributed by atoms with Crippen LogP contribution in [0.3, 0.4) is 0 Å². The van der Waals surface area contributed by atoms with Gasteiger partial charge in [0.25, 0.3) is 0 Å². The monoisotopic (exact) mass is 338 g/mol. The SMILES string of the molecule is CCn1c(SCc2ccc(C(C)C)cc2)nnc1-c1cccnc1. The molecule has 1 aromatic carbocycles. The number of hydrogen-bond donors (Lipinski definition) is 0. The number of hydrogen-bond acceptors (Lipinski definition) is 4. The Labute approximate surface area is 147 Å². The summed E-state index contributed by atoms with van der Waals surface area (Å²) in [5, 5.41) is 9.68. The molecule has 0 aliphatic heterocycles. The van der Waals surface area contributed by atoms with Crippen molar-refractivity contribution in [1.29, 1.82) is 0 Å². The molecule has 0 fully saturated rings. The van der Waals surface area contributed by atoms with E-state index in [1.807, 2.05) is 18.3 Å². The third-order valence-corrected chi connectivity index (χ3v) is 5.01. The van der Waals surface area contributed by atoms with Crippen molar-refractivity contribution in [3.05, 3.63) is 59.9 Å². The second-order valence-corrected chi connectivity index (χ2v) is 6.92. The van der Waals surface area contributed by atoms with Crippen molar-refractivity contribution in [3.63, 3.8) is 0 Å². The minimum absolute atomic E-state index is 0.567. The van der Waals surface area contributed by atoms with Gasteiger partial charge in [0.1, 0.15) is 0 Å². The number of benzene rings is 1. The van der Waals surface area contributed by atoms with Crippen molar-refractivity contribution in [2.75, 3.05) is 0 Å². The van der Waals surface area contributed by atoms with E-state index in [1.54, 1.807) is 18.0 Å². The lowest BCUT2D eigenvalue weighted by Crippen LogP contribution is -2.00. The first kappa shape index (κ1) is 16.7. The molecule has 3 aromatic rings. The second kappa shape index (κ2) is 7.62. The zero-order chi connectivity index (χ0) is 16.9. The highest BCUT2D eigenvalue weighted by Crippen LogP contribution is 2.26. The predicted octanol–water partition coefficient (Wildman–Crippen LogP) is 4.78. The Bertz CT molecular complexity index is 779. The maximum atomic E-state index is 4.37. The fourth-order valence-corrected chi connectivity index (χ4v) is 3.49. The van der Waals surface area contributed by atoms with Gasteiger partial charge in [-0.2, -0.15) is 0 Å². The zero-order valence-corrected chi connectivity index (χ0v) is 15.1. The van der Waals surface area contributed by atoms with Gasteiger partial charge in [0.2, 0.25) is 0 Å². The van der Waals surface area contributed by atoms with E-state index in [1.165, 1.54) is 11.1 Å². The van der Waals surface area contributed by atoms with Crippen LogP contribution in [-0.4, -0.2) is 19.7 Å². The molecule has 4 nitrogen and oxygen atoms in total. The summed E-state index contributed by atoms with van der Waals surface area (Å²) in [6.07, 6.45) is 3.60. The summed E-state index contributed by atoms with van der Waals surface area (Å²) < 4.78 is 2.14. The third kappa shape index (κ3) is 3.67. The Kier molecular flexibility index (Phi) is 5.30. The predicted molar refractivity (Wildman–Crippen MR) is 99.0 cm³/mol. The van der Waals surface area contributed by atoms with Crippen molar-refractivity contribution >= 4 is 11.8 Å². The Morgan fingerprint density at radius 3 is 2.50 bits per heavy atom. The van der Waals surface area contributed by atoms with E-state index in [-0.39, 0.29) is 0 Å². The highest BCUT2D eigenvalue weighted by molar-refractivity contribution is 7.98. The Hall–Kier alpha value is -2.14. The Morgan fingerprint density at radius 2 is 1.88 bits per heavy atom. The molecule has 0 atom stereocenters. The molecule has 0 N–H and O–H groups in total. The van der Waals surface area contributed by atoms with E-state index >= 15 is 0 Å². The Balaban J connectivity index is 1.75. The molecule has 2 aromatic heterocycles. The second-order valence-electron chi connectivity index (χ2n) is 5.98. The van der Waals surface area contributed by atoms with Gasteiger partial charge < -0.3 is 4.57 Å². The van der Waals surface area contributed by atoms with E-state index in [0.29, 0.717) is 5.92 Å². The summed E-state index contributed by atoms with van der Waals surface area (Å²) in [5.41, 5.74) is 3.68. The first-order valence-electron chi connectivity index (χ1n) is 8.24. The summed E-state index contributed by atoms with van der Waals surface area (Å²) in [6.45, 7) is 7.39. The lowest BCUT2D eigenvalue weighted by Gasteiger charge is -2.08. The molecule has 0 amide bonds. The van der Waals surface area contributed by atoms with Crippen LogP contribution in [0.2, 0.25) is 0 Å². The fraction of sp³-hybridized carbons (Fsp3) is 0.316. The summed E-state index contributed by atoms with van der Waals surface area (Å²) in [5.74, 6) is 2.34. The zero-order valence-electron chi connectivity index (χ0n) is 14.3. The van der Waals surface area contributed by atoms with Gasteiger partial charge in [-0.1, -0.05) is 49.9 Å². The van der Waals surface area contributed by atoms with E-state index < -0.39 is 0 Å². The topological polar surface area (TPSA) is 43.6 Å². The van der Waals surface area contributed by atoms with E-state index in [4.69, 9.17) is 0 Å². The smallest absolute Gasteiger partial charge is 0.191 e. The lowest BCUT2D eigenvalue weighted by atomic mass is 10.0. The van der Waals surface area contributed by atoms with Crippen LogP contribution in [0.5, 0.6) is 0 Å². The maximum Gasteiger partial charge on any atom is 0.191 e. The third-order valence-electron chi connectivity index (χ3n) is 3.97. The van der Waals surface area contributed by atoms with Crippen LogP contribution < -0.4 is 0 Å². The van der Waals surface area contributed by atoms with E-state index in [0.717, 1.165) is 28.8 Å². The molecule has 0 aliphatic carbocycles. The van der Waals surface area contributed by atoms with Gasteiger partial charge in [0, 0.05) is 30.3 Å². The van der Waals surface area contributed by atoms with Gasteiger partial charge in [-0.15, -0.1) is 10.2 Å². The first-order valence-corrected chi connectivity index (χ1v) is 9.22. The number of thioether (sulfide) groups is 1. The van der Waals surface area contributed by atoms with Crippen molar-refractivity contribution < 1.29 is 0 Å². The number of aromatic nitrogens is 4. The van der Waals surface area contributed by atoms with Gasteiger partial charge >= 0.3 is 0 Å². The minimum atomic E-state index is 0.567. The van der Waals surface area contributed by atoms with E-state index in [2.05, 4.69) is 64.8 Å². The first-order chi connectivity index (χ1) is 11.7. The van der Waals surface area contributed by atoms with Gasteiger partial charge in [0.05, 0.1) is 0 Å².